The molecule has 0 unspecified atom stereocenters. The fourth-order valence-corrected chi connectivity index (χ4v) is 4.85. The van der Waals surface area contributed by atoms with Crippen LogP contribution in [0, 0.1) is 5.92 Å². The SMILES string of the molecule is CCN1CCCCCCN(C(=O)CCc2ccccc2)[C@@H](CC(C)C)COc2ccccc2C1=O. The molecule has 5 heteroatoms. The van der Waals surface area contributed by atoms with Crippen molar-refractivity contribution in [3.8, 4) is 5.75 Å². The van der Waals surface area contributed by atoms with Crippen molar-refractivity contribution in [3.63, 3.8) is 0 Å². The highest BCUT2D eigenvalue weighted by molar-refractivity contribution is 5.96. The molecule has 35 heavy (non-hydrogen) atoms. The molecule has 3 rings (SSSR count). The van der Waals surface area contributed by atoms with Gasteiger partial charge in [0.2, 0.25) is 5.91 Å². The van der Waals surface area contributed by atoms with Crippen LogP contribution in [0.4, 0.5) is 0 Å². The molecule has 0 spiro atoms. The first kappa shape index (κ1) is 26.8. The zero-order chi connectivity index (χ0) is 25.0. The van der Waals surface area contributed by atoms with E-state index in [1.54, 1.807) is 0 Å². The molecule has 0 N–H and O–H groups in total. The van der Waals surface area contributed by atoms with Crippen LogP contribution in [0.3, 0.4) is 0 Å². The molecule has 2 amide bonds. The Balaban J connectivity index is 1.82. The summed E-state index contributed by atoms with van der Waals surface area (Å²) in [5, 5.41) is 0. The standard InChI is InChI=1S/C30H42N2O3/c1-4-31-20-12-5-6-13-21-32(29(33)19-18-25-14-8-7-9-15-25)26(22-24(2)3)23-35-28-17-11-10-16-27(28)30(31)34/h7-11,14-17,24,26H,4-6,12-13,18-23H2,1-3H3/t26-/m0/s1. The summed E-state index contributed by atoms with van der Waals surface area (Å²) < 4.78 is 6.31. The number of amides is 2. The number of ether oxygens (including phenoxy) is 1. The number of fused-ring (bicyclic) bond motifs is 1. The third-order valence-electron chi connectivity index (χ3n) is 6.77. The third kappa shape index (κ3) is 8.12. The van der Waals surface area contributed by atoms with E-state index in [1.165, 1.54) is 5.56 Å². The predicted octanol–water partition coefficient (Wildman–Crippen LogP) is 5.98. The molecule has 0 saturated carbocycles. The molecule has 5 nitrogen and oxygen atoms in total. The van der Waals surface area contributed by atoms with Gasteiger partial charge in [-0.1, -0.05) is 69.2 Å². The average molecular weight is 479 g/mol. The van der Waals surface area contributed by atoms with Gasteiger partial charge in [0.15, 0.2) is 0 Å². The Labute approximate surface area is 211 Å². The van der Waals surface area contributed by atoms with Crippen molar-refractivity contribution in [3.05, 3.63) is 65.7 Å². The second-order valence-corrected chi connectivity index (χ2v) is 9.96. The van der Waals surface area contributed by atoms with Crippen molar-refractivity contribution < 1.29 is 14.3 Å². The highest BCUT2D eigenvalue weighted by Gasteiger charge is 2.26. The Morgan fingerprint density at radius 2 is 1.66 bits per heavy atom. The van der Waals surface area contributed by atoms with Crippen molar-refractivity contribution in [2.45, 2.75) is 71.8 Å². The van der Waals surface area contributed by atoms with E-state index in [1.807, 2.05) is 54.3 Å². The molecule has 1 atom stereocenters. The molecular weight excluding hydrogens is 436 g/mol. The number of nitrogens with zero attached hydrogens (tertiary/aromatic N) is 2. The average Bonchev–Trinajstić information content (AvgIpc) is 2.87. The van der Waals surface area contributed by atoms with Gasteiger partial charge in [-0.25, -0.2) is 0 Å². The second-order valence-electron chi connectivity index (χ2n) is 9.96. The molecule has 0 bridgehead atoms. The van der Waals surface area contributed by atoms with Crippen molar-refractivity contribution in [1.82, 2.24) is 9.80 Å². The maximum absolute atomic E-state index is 13.5. The quantitative estimate of drug-likeness (QED) is 0.513. The van der Waals surface area contributed by atoms with Gasteiger partial charge < -0.3 is 14.5 Å². The van der Waals surface area contributed by atoms with Crippen molar-refractivity contribution in [2.24, 2.45) is 5.92 Å². The Morgan fingerprint density at radius 1 is 0.971 bits per heavy atom. The van der Waals surface area contributed by atoms with E-state index in [0.29, 0.717) is 36.8 Å². The Kier molecular flexibility index (Phi) is 10.6. The minimum Gasteiger partial charge on any atom is -0.491 e. The number of carbonyl (C=O) groups excluding carboxylic acids is 2. The zero-order valence-electron chi connectivity index (χ0n) is 21.7. The van der Waals surface area contributed by atoms with Crippen molar-refractivity contribution in [1.29, 1.82) is 0 Å². The first-order valence-electron chi connectivity index (χ1n) is 13.3. The minimum absolute atomic E-state index is 0.0216. The Morgan fingerprint density at radius 3 is 2.37 bits per heavy atom. The van der Waals surface area contributed by atoms with Crippen LogP contribution in [0.15, 0.2) is 54.6 Å². The van der Waals surface area contributed by atoms with Gasteiger partial charge in [-0.05, 0) is 56.2 Å². The molecular formula is C30H42N2O3. The van der Waals surface area contributed by atoms with Gasteiger partial charge >= 0.3 is 0 Å². The largest absolute Gasteiger partial charge is 0.491 e. The van der Waals surface area contributed by atoms with Crippen LogP contribution in [0.25, 0.3) is 0 Å². The van der Waals surface area contributed by atoms with Gasteiger partial charge in [-0.2, -0.15) is 0 Å². The Bertz CT molecular complexity index is 928. The molecule has 0 aromatic heterocycles. The Hall–Kier alpha value is -2.82. The summed E-state index contributed by atoms with van der Waals surface area (Å²) in [7, 11) is 0. The number of rotatable bonds is 6. The molecule has 1 aliphatic heterocycles. The van der Waals surface area contributed by atoms with Gasteiger partial charge in [0.25, 0.3) is 5.91 Å². The van der Waals surface area contributed by atoms with E-state index in [0.717, 1.165) is 51.6 Å². The van der Waals surface area contributed by atoms with E-state index in [2.05, 4.69) is 30.9 Å². The second kappa shape index (κ2) is 13.9. The summed E-state index contributed by atoms with van der Waals surface area (Å²) in [6, 6.07) is 17.7. The van der Waals surface area contributed by atoms with Gasteiger partial charge in [-0.3, -0.25) is 9.59 Å². The van der Waals surface area contributed by atoms with Gasteiger partial charge in [0.1, 0.15) is 12.4 Å². The highest BCUT2D eigenvalue weighted by atomic mass is 16.5. The third-order valence-corrected chi connectivity index (χ3v) is 6.77. The molecule has 190 valence electrons. The summed E-state index contributed by atoms with van der Waals surface area (Å²) in [6.07, 6.45) is 6.17. The molecule has 0 radical (unpaired) electrons. The number of aryl methyl sites for hydroxylation is 1. The number of para-hydroxylation sites is 1. The van der Waals surface area contributed by atoms with Crippen LogP contribution in [0.1, 0.15) is 75.2 Å². The molecule has 0 saturated heterocycles. The fourth-order valence-electron chi connectivity index (χ4n) is 4.85. The summed E-state index contributed by atoms with van der Waals surface area (Å²) >= 11 is 0. The number of hydrogen-bond acceptors (Lipinski definition) is 3. The van der Waals surface area contributed by atoms with Gasteiger partial charge in [0, 0.05) is 26.1 Å². The summed E-state index contributed by atoms with van der Waals surface area (Å²) in [5.74, 6) is 1.26. The molecule has 1 aliphatic rings. The number of carbonyl (C=O) groups is 2. The lowest BCUT2D eigenvalue weighted by Crippen LogP contribution is -2.45. The van der Waals surface area contributed by atoms with Crippen LogP contribution < -0.4 is 4.74 Å². The maximum atomic E-state index is 13.5. The van der Waals surface area contributed by atoms with E-state index >= 15 is 0 Å². The first-order valence-corrected chi connectivity index (χ1v) is 13.3. The topological polar surface area (TPSA) is 49.9 Å². The lowest BCUT2D eigenvalue weighted by molar-refractivity contribution is -0.134. The molecule has 0 fully saturated rings. The van der Waals surface area contributed by atoms with Crippen LogP contribution in [-0.4, -0.2) is 53.9 Å². The van der Waals surface area contributed by atoms with E-state index in [4.69, 9.17) is 4.74 Å². The normalized spacial score (nSPS) is 18.1. The van der Waals surface area contributed by atoms with Crippen molar-refractivity contribution >= 4 is 11.8 Å². The van der Waals surface area contributed by atoms with E-state index < -0.39 is 0 Å². The highest BCUT2D eigenvalue weighted by Crippen LogP contribution is 2.23. The number of benzene rings is 2. The number of hydrogen-bond donors (Lipinski definition) is 0. The molecule has 2 aromatic rings. The maximum Gasteiger partial charge on any atom is 0.257 e. The summed E-state index contributed by atoms with van der Waals surface area (Å²) in [5.41, 5.74) is 1.80. The lowest BCUT2D eigenvalue weighted by Gasteiger charge is -2.34. The molecule has 1 heterocycles. The predicted molar refractivity (Wildman–Crippen MR) is 142 cm³/mol. The van der Waals surface area contributed by atoms with E-state index in [-0.39, 0.29) is 17.9 Å². The zero-order valence-corrected chi connectivity index (χ0v) is 21.7. The van der Waals surface area contributed by atoms with Crippen LogP contribution in [-0.2, 0) is 11.2 Å². The van der Waals surface area contributed by atoms with E-state index in [9.17, 15) is 9.59 Å². The van der Waals surface area contributed by atoms with Crippen LogP contribution in [0.5, 0.6) is 5.75 Å². The monoisotopic (exact) mass is 478 g/mol. The fraction of sp³-hybridized carbons (Fsp3) is 0.533. The molecule has 0 aliphatic carbocycles. The van der Waals surface area contributed by atoms with Crippen molar-refractivity contribution in [2.75, 3.05) is 26.2 Å². The van der Waals surface area contributed by atoms with Crippen LogP contribution in [0.2, 0.25) is 0 Å². The lowest BCUT2D eigenvalue weighted by atomic mass is 10.0. The minimum atomic E-state index is -0.0216. The molecule has 2 aromatic carbocycles. The van der Waals surface area contributed by atoms with Crippen LogP contribution >= 0.6 is 0 Å². The first-order chi connectivity index (χ1) is 17.0. The van der Waals surface area contributed by atoms with Gasteiger partial charge in [-0.15, -0.1) is 0 Å². The van der Waals surface area contributed by atoms with Gasteiger partial charge in [0.05, 0.1) is 11.6 Å². The summed E-state index contributed by atoms with van der Waals surface area (Å²) in [6.45, 7) is 9.00. The summed E-state index contributed by atoms with van der Waals surface area (Å²) in [4.78, 5) is 30.7. The smallest absolute Gasteiger partial charge is 0.257 e.